The number of ether oxygens (including phenoxy) is 1. The van der Waals surface area contributed by atoms with Gasteiger partial charge in [-0.15, -0.1) is 23.1 Å². The molecule has 27 heavy (non-hydrogen) atoms. The zero-order valence-corrected chi connectivity index (χ0v) is 16.2. The van der Waals surface area contributed by atoms with E-state index >= 15 is 0 Å². The number of thiophene rings is 1. The van der Waals surface area contributed by atoms with Crippen LogP contribution in [0.15, 0.2) is 77.0 Å². The average molecular weight is 398 g/mol. The first-order valence-electron chi connectivity index (χ1n) is 8.44. The minimum absolute atomic E-state index is 0.157. The van der Waals surface area contributed by atoms with E-state index in [9.17, 15) is 9.59 Å². The summed E-state index contributed by atoms with van der Waals surface area (Å²) in [5, 5.41) is 4.68. The molecule has 0 unspecified atom stereocenters. The molecule has 0 aliphatic carbocycles. The Labute approximate surface area is 166 Å². The van der Waals surface area contributed by atoms with Gasteiger partial charge in [-0.05, 0) is 29.1 Å². The first-order chi connectivity index (χ1) is 13.2. The van der Waals surface area contributed by atoms with Crippen LogP contribution in [0.1, 0.15) is 20.8 Å². The van der Waals surface area contributed by atoms with Crippen LogP contribution in [-0.4, -0.2) is 18.4 Å². The third kappa shape index (κ3) is 5.98. The number of esters is 1. The standard InChI is InChI=1S/C21H19NO3S2/c23-20(25-14-16-7-2-1-3-8-16)13-22-21(24)18-10-4-5-11-19(18)27-15-17-9-6-12-26-17/h1-12H,13-15H2,(H,22,24). The molecule has 0 saturated heterocycles. The van der Waals surface area contributed by atoms with Crippen LogP contribution in [0.25, 0.3) is 0 Å². The number of hydrogen-bond donors (Lipinski definition) is 1. The SMILES string of the molecule is O=C(CNC(=O)c1ccccc1SCc1cccs1)OCc1ccccc1. The van der Waals surface area contributed by atoms with Crippen molar-refractivity contribution in [3.8, 4) is 0 Å². The van der Waals surface area contributed by atoms with Crippen LogP contribution in [0.4, 0.5) is 0 Å². The molecule has 0 bridgehead atoms. The molecule has 6 heteroatoms. The van der Waals surface area contributed by atoms with Crippen molar-refractivity contribution < 1.29 is 14.3 Å². The van der Waals surface area contributed by atoms with Crippen molar-refractivity contribution in [1.82, 2.24) is 5.32 Å². The number of carbonyl (C=O) groups is 2. The summed E-state index contributed by atoms with van der Waals surface area (Å²) in [6.45, 7) is 0.0401. The van der Waals surface area contributed by atoms with Gasteiger partial charge in [-0.25, -0.2) is 0 Å². The van der Waals surface area contributed by atoms with Gasteiger partial charge in [0.15, 0.2) is 0 Å². The third-order valence-electron chi connectivity index (χ3n) is 3.72. The molecular weight excluding hydrogens is 378 g/mol. The largest absolute Gasteiger partial charge is 0.460 e. The van der Waals surface area contributed by atoms with Crippen LogP contribution in [0, 0.1) is 0 Å². The maximum absolute atomic E-state index is 12.5. The van der Waals surface area contributed by atoms with E-state index < -0.39 is 5.97 Å². The summed E-state index contributed by atoms with van der Waals surface area (Å²) in [6.07, 6.45) is 0. The fourth-order valence-corrected chi connectivity index (χ4v) is 4.18. The van der Waals surface area contributed by atoms with E-state index in [4.69, 9.17) is 4.74 Å². The number of thioether (sulfide) groups is 1. The Morgan fingerprint density at radius 2 is 1.74 bits per heavy atom. The van der Waals surface area contributed by atoms with Gasteiger partial charge >= 0.3 is 5.97 Å². The van der Waals surface area contributed by atoms with Gasteiger partial charge in [0, 0.05) is 15.5 Å². The molecule has 1 aromatic heterocycles. The molecule has 0 aliphatic heterocycles. The van der Waals surface area contributed by atoms with Gasteiger partial charge in [0.2, 0.25) is 0 Å². The van der Waals surface area contributed by atoms with Crippen LogP contribution in [-0.2, 0) is 21.9 Å². The van der Waals surface area contributed by atoms with Crippen LogP contribution in [0.3, 0.4) is 0 Å². The summed E-state index contributed by atoms with van der Waals surface area (Å²) in [7, 11) is 0. The number of benzene rings is 2. The lowest BCUT2D eigenvalue weighted by Crippen LogP contribution is -2.30. The van der Waals surface area contributed by atoms with Gasteiger partial charge in [-0.2, -0.15) is 0 Å². The van der Waals surface area contributed by atoms with Crippen LogP contribution >= 0.6 is 23.1 Å². The quantitative estimate of drug-likeness (QED) is 0.449. The molecule has 2 aromatic carbocycles. The van der Waals surface area contributed by atoms with Gasteiger partial charge in [0.1, 0.15) is 13.2 Å². The first kappa shape index (κ1) is 19.2. The summed E-state index contributed by atoms with van der Waals surface area (Å²) in [4.78, 5) is 26.5. The normalized spacial score (nSPS) is 10.4. The highest BCUT2D eigenvalue weighted by atomic mass is 32.2. The number of nitrogens with one attached hydrogen (secondary N) is 1. The Morgan fingerprint density at radius 3 is 2.52 bits per heavy atom. The van der Waals surface area contributed by atoms with Crippen LogP contribution in [0.2, 0.25) is 0 Å². The van der Waals surface area contributed by atoms with Crippen LogP contribution in [0.5, 0.6) is 0 Å². The van der Waals surface area contributed by atoms with E-state index in [0.29, 0.717) is 5.56 Å². The van der Waals surface area contributed by atoms with Gasteiger partial charge in [-0.3, -0.25) is 9.59 Å². The number of carbonyl (C=O) groups excluding carboxylic acids is 2. The zero-order chi connectivity index (χ0) is 18.9. The molecule has 3 aromatic rings. The second-order valence-corrected chi connectivity index (χ2v) is 7.74. The molecule has 0 saturated carbocycles. The Kier molecular flexibility index (Phi) is 7.07. The molecule has 0 fully saturated rings. The molecule has 0 radical (unpaired) electrons. The maximum atomic E-state index is 12.5. The minimum atomic E-state index is -0.462. The molecule has 1 N–H and O–H groups in total. The Morgan fingerprint density at radius 1 is 0.963 bits per heavy atom. The predicted octanol–water partition coefficient (Wildman–Crippen LogP) is 4.51. The van der Waals surface area contributed by atoms with Crippen molar-refractivity contribution in [2.24, 2.45) is 0 Å². The highest BCUT2D eigenvalue weighted by molar-refractivity contribution is 7.98. The molecule has 4 nitrogen and oxygen atoms in total. The Balaban J connectivity index is 1.50. The summed E-state index contributed by atoms with van der Waals surface area (Å²) < 4.78 is 5.18. The van der Waals surface area contributed by atoms with Crippen molar-refractivity contribution in [2.75, 3.05) is 6.54 Å². The van der Waals surface area contributed by atoms with E-state index in [1.165, 1.54) is 4.88 Å². The predicted molar refractivity (Wildman–Crippen MR) is 109 cm³/mol. The zero-order valence-electron chi connectivity index (χ0n) is 14.6. The smallest absolute Gasteiger partial charge is 0.325 e. The second-order valence-electron chi connectivity index (χ2n) is 5.69. The number of hydrogen-bond acceptors (Lipinski definition) is 5. The molecule has 0 atom stereocenters. The van der Waals surface area contributed by atoms with Crippen molar-refractivity contribution in [3.05, 3.63) is 88.1 Å². The Bertz CT molecular complexity index is 879. The van der Waals surface area contributed by atoms with Crippen molar-refractivity contribution in [3.63, 3.8) is 0 Å². The van der Waals surface area contributed by atoms with Crippen molar-refractivity contribution >= 4 is 35.0 Å². The summed E-state index contributed by atoms with van der Waals surface area (Å²) in [6, 6.07) is 20.9. The van der Waals surface area contributed by atoms with Crippen LogP contribution < -0.4 is 5.32 Å². The average Bonchev–Trinajstić information content (AvgIpc) is 3.23. The monoisotopic (exact) mass is 397 g/mol. The fraction of sp³-hybridized carbons (Fsp3) is 0.143. The lowest BCUT2D eigenvalue weighted by atomic mass is 10.2. The number of amides is 1. The van der Waals surface area contributed by atoms with E-state index in [1.807, 2.05) is 60.0 Å². The molecule has 1 amide bonds. The highest BCUT2D eigenvalue weighted by Crippen LogP contribution is 2.27. The highest BCUT2D eigenvalue weighted by Gasteiger charge is 2.13. The first-order valence-corrected chi connectivity index (χ1v) is 10.3. The maximum Gasteiger partial charge on any atom is 0.325 e. The fourth-order valence-electron chi connectivity index (χ4n) is 2.36. The topological polar surface area (TPSA) is 55.4 Å². The Hall–Kier alpha value is -2.57. The number of rotatable bonds is 8. The van der Waals surface area contributed by atoms with E-state index in [1.54, 1.807) is 29.2 Å². The van der Waals surface area contributed by atoms with Gasteiger partial charge < -0.3 is 10.1 Å². The molecule has 3 rings (SSSR count). The molecule has 138 valence electrons. The van der Waals surface area contributed by atoms with Gasteiger partial charge in [0.05, 0.1) is 5.56 Å². The lowest BCUT2D eigenvalue weighted by Gasteiger charge is -2.10. The van der Waals surface area contributed by atoms with Crippen molar-refractivity contribution in [1.29, 1.82) is 0 Å². The van der Waals surface area contributed by atoms with Crippen molar-refractivity contribution in [2.45, 2.75) is 17.3 Å². The molecule has 1 heterocycles. The molecule has 0 spiro atoms. The summed E-state index contributed by atoms with van der Waals surface area (Å²) in [5.74, 6) is 0.0676. The summed E-state index contributed by atoms with van der Waals surface area (Å²) in [5.41, 5.74) is 1.47. The third-order valence-corrected chi connectivity index (χ3v) is 5.90. The molecule has 0 aliphatic rings. The van der Waals surface area contributed by atoms with E-state index in [-0.39, 0.29) is 19.1 Å². The second kappa shape index (κ2) is 9.94. The lowest BCUT2D eigenvalue weighted by molar-refractivity contribution is -0.143. The van der Waals surface area contributed by atoms with E-state index in [0.717, 1.165) is 16.2 Å². The van der Waals surface area contributed by atoms with Gasteiger partial charge in [-0.1, -0.05) is 48.5 Å². The summed E-state index contributed by atoms with van der Waals surface area (Å²) >= 11 is 3.30. The van der Waals surface area contributed by atoms with Gasteiger partial charge in [0.25, 0.3) is 5.91 Å². The minimum Gasteiger partial charge on any atom is -0.460 e. The van der Waals surface area contributed by atoms with E-state index in [2.05, 4.69) is 11.4 Å². The molecular formula is C21H19NO3S2.